The molecule has 1 rings (SSSR count). The van der Waals surface area contributed by atoms with Gasteiger partial charge in [0.15, 0.2) is 0 Å². The largest absolute Gasteiger partial charge is 0.358 e. The summed E-state index contributed by atoms with van der Waals surface area (Å²) in [5, 5.41) is 0. The third kappa shape index (κ3) is 1.20. The normalized spacial score (nSPS) is 37.7. The van der Waals surface area contributed by atoms with Gasteiger partial charge in [0.2, 0.25) is 0 Å². The molecule has 1 aliphatic heterocycles. The lowest BCUT2D eigenvalue weighted by Gasteiger charge is -2.26. The Morgan fingerprint density at radius 1 is 1.78 bits per heavy atom. The van der Waals surface area contributed by atoms with E-state index < -0.39 is 0 Å². The van der Waals surface area contributed by atoms with Crippen LogP contribution in [0.25, 0.3) is 0 Å². The van der Waals surface area contributed by atoms with Gasteiger partial charge in [-0.3, -0.25) is 0 Å². The predicted octanol–water partition coefficient (Wildman–Crippen LogP) is 1.60. The maximum Gasteiger partial charge on any atom is 0.131 e. The molecule has 0 N–H and O–H groups in total. The molecule has 1 aliphatic rings. The van der Waals surface area contributed by atoms with Gasteiger partial charge in [-0.15, -0.1) is 0 Å². The van der Waals surface area contributed by atoms with Crippen molar-refractivity contribution in [3.63, 3.8) is 0 Å². The summed E-state index contributed by atoms with van der Waals surface area (Å²) in [5.74, 6) is 0. The van der Waals surface area contributed by atoms with Gasteiger partial charge in [0.05, 0.1) is 6.61 Å². The molecule has 0 spiro atoms. The van der Waals surface area contributed by atoms with E-state index >= 15 is 0 Å². The maximum atomic E-state index is 5.83. The SMILES string of the molecule is CCC1(C)OCCN1Cl. The van der Waals surface area contributed by atoms with E-state index in [9.17, 15) is 0 Å². The molecule has 0 bridgehead atoms. The minimum atomic E-state index is -0.207. The van der Waals surface area contributed by atoms with Gasteiger partial charge in [-0.05, 0) is 25.1 Å². The second-order valence-electron chi connectivity index (χ2n) is 2.46. The monoisotopic (exact) mass is 149 g/mol. The van der Waals surface area contributed by atoms with Crippen LogP contribution in [0.1, 0.15) is 20.3 Å². The van der Waals surface area contributed by atoms with Crippen LogP contribution in [0.4, 0.5) is 0 Å². The second kappa shape index (κ2) is 2.45. The molecular formula is C6H12ClNO. The first kappa shape index (κ1) is 7.32. The van der Waals surface area contributed by atoms with Gasteiger partial charge in [-0.25, -0.2) is 0 Å². The summed E-state index contributed by atoms with van der Waals surface area (Å²) < 4.78 is 7.13. The summed E-state index contributed by atoms with van der Waals surface area (Å²) in [6, 6.07) is 0. The molecular weight excluding hydrogens is 138 g/mol. The van der Waals surface area contributed by atoms with Crippen LogP contribution in [0.15, 0.2) is 0 Å². The summed E-state index contributed by atoms with van der Waals surface area (Å²) in [6.07, 6.45) is 0.941. The van der Waals surface area contributed by atoms with Crippen LogP contribution >= 0.6 is 11.8 Å². The van der Waals surface area contributed by atoms with Gasteiger partial charge in [-0.2, -0.15) is 4.42 Å². The summed E-state index contributed by atoms with van der Waals surface area (Å²) in [4.78, 5) is 0. The van der Waals surface area contributed by atoms with Crippen LogP contribution < -0.4 is 0 Å². The molecule has 3 heteroatoms. The van der Waals surface area contributed by atoms with E-state index in [1.807, 2.05) is 6.92 Å². The first-order valence-electron chi connectivity index (χ1n) is 3.26. The second-order valence-corrected chi connectivity index (χ2v) is 2.87. The zero-order valence-corrected chi connectivity index (χ0v) is 6.61. The molecule has 0 saturated carbocycles. The first-order valence-corrected chi connectivity index (χ1v) is 3.60. The molecule has 1 heterocycles. The number of nitrogens with zero attached hydrogens (tertiary/aromatic N) is 1. The summed E-state index contributed by atoms with van der Waals surface area (Å²) >= 11 is 5.83. The summed E-state index contributed by atoms with van der Waals surface area (Å²) in [7, 11) is 0. The fourth-order valence-electron chi connectivity index (χ4n) is 0.926. The highest BCUT2D eigenvalue weighted by atomic mass is 35.5. The number of hydrogen-bond acceptors (Lipinski definition) is 2. The molecule has 0 radical (unpaired) electrons. The minimum absolute atomic E-state index is 0.207. The van der Waals surface area contributed by atoms with E-state index in [-0.39, 0.29) is 5.72 Å². The van der Waals surface area contributed by atoms with Crippen molar-refractivity contribution in [2.45, 2.75) is 26.0 Å². The predicted molar refractivity (Wildman–Crippen MR) is 37.2 cm³/mol. The Balaban J connectivity index is 2.56. The van der Waals surface area contributed by atoms with Crippen LogP contribution in [-0.4, -0.2) is 23.3 Å². The van der Waals surface area contributed by atoms with Crippen LogP contribution in [0.2, 0.25) is 0 Å². The number of rotatable bonds is 1. The van der Waals surface area contributed by atoms with Crippen LogP contribution in [0, 0.1) is 0 Å². The van der Waals surface area contributed by atoms with Crippen molar-refractivity contribution in [1.82, 2.24) is 4.42 Å². The Kier molecular flexibility index (Phi) is 1.99. The Morgan fingerprint density at radius 2 is 2.44 bits per heavy atom. The van der Waals surface area contributed by atoms with E-state index in [4.69, 9.17) is 16.5 Å². The van der Waals surface area contributed by atoms with Crippen molar-refractivity contribution in [2.75, 3.05) is 13.2 Å². The third-order valence-electron chi connectivity index (χ3n) is 1.87. The number of halogens is 1. The van der Waals surface area contributed by atoms with Crippen molar-refractivity contribution in [2.24, 2.45) is 0 Å². The highest BCUT2D eigenvalue weighted by molar-refractivity contribution is 6.13. The molecule has 0 amide bonds. The fourth-order valence-corrected chi connectivity index (χ4v) is 1.16. The topological polar surface area (TPSA) is 12.5 Å². The molecule has 1 saturated heterocycles. The van der Waals surface area contributed by atoms with E-state index in [2.05, 4.69) is 6.92 Å². The molecule has 54 valence electrons. The van der Waals surface area contributed by atoms with Crippen LogP contribution in [-0.2, 0) is 4.74 Å². The Morgan fingerprint density at radius 3 is 2.67 bits per heavy atom. The van der Waals surface area contributed by atoms with Crippen molar-refractivity contribution >= 4 is 11.8 Å². The van der Waals surface area contributed by atoms with E-state index in [1.54, 1.807) is 4.42 Å². The average molecular weight is 150 g/mol. The summed E-state index contributed by atoms with van der Waals surface area (Å²) in [6.45, 7) is 5.67. The van der Waals surface area contributed by atoms with E-state index in [1.165, 1.54) is 0 Å². The molecule has 1 atom stereocenters. The van der Waals surface area contributed by atoms with Gasteiger partial charge in [0, 0.05) is 6.54 Å². The molecule has 2 nitrogen and oxygen atoms in total. The van der Waals surface area contributed by atoms with E-state index in [0.717, 1.165) is 19.6 Å². The molecule has 0 aromatic heterocycles. The quantitative estimate of drug-likeness (QED) is 0.525. The Labute approximate surface area is 60.8 Å². The lowest BCUT2D eigenvalue weighted by atomic mass is 10.2. The molecule has 0 aliphatic carbocycles. The standard InChI is InChI=1S/C6H12ClNO/c1-3-6(2)8(7)4-5-9-6/h3-5H2,1-2H3. The van der Waals surface area contributed by atoms with Crippen molar-refractivity contribution in [3.05, 3.63) is 0 Å². The Bertz CT molecular complexity index is 109. The first-order chi connectivity index (χ1) is 4.19. The summed E-state index contributed by atoms with van der Waals surface area (Å²) in [5.41, 5.74) is -0.207. The van der Waals surface area contributed by atoms with Gasteiger partial charge in [0.25, 0.3) is 0 Å². The van der Waals surface area contributed by atoms with Crippen LogP contribution in [0.5, 0.6) is 0 Å². The van der Waals surface area contributed by atoms with Gasteiger partial charge in [0.1, 0.15) is 5.72 Å². The third-order valence-corrected chi connectivity index (χ3v) is 2.40. The fraction of sp³-hybridized carbons (Fsp3) is 1.00. The van der Waals surface area contributed by atoms with E-state index in [0.29, 0.717) is 0 Å². The molecule has 0 aromatic carbocycles. The van der Waals surface area contributed by atoms with Gasteiger partial charge >= 0.3 is 0 Å². The van der Waals surface area contributed by atoms with Crippen LogP contribution in [0.3, 0.4) is 0 Å². The van der Waals surface area contributed by atoms with Gasteiger partial charge in [-0.1, -0.05) is 6.92 Å². The smallest absolute Gasteiger partial charge is 0.131 e. The zero-order chi connectivity index (χ0) is 6.91. The average Bonchev–Trinajstić information content (AvgIpc) is 2.15. The number of hydrogen-bond donors (Lipinski definition) is 0. The van der Waals surface area contributed by atoms with Crippen molar-refractivity contribution in [1.29, 1.82) is 0 Å². The highest BCUT2D eigenvalue weighted by Gasteiger charge is 2.34. The minimum Gasteiger partial charge on any atom is -0.358 e. The maximum absolute atomic E-state index is 5.83. The van der Waals surface area contributed by atoms with Crippen molar-refractivity contribution < 1.29 is 4.74 Å². The molecule has 0 aromatic rings. The lowest BCUT2D eigenvalue weighted by Crippen LogP contribution is -2.34. The molecule has 9 heavy (non-hydrogen) atoms. The molecule has 1 unspecified atom stereocenters. The highest BCUT2D eigenvalue weighted by Crippen LogP contribution is 2.27. The molecule has 1 fully saturated rings. The Hall–Kier alpha value is 0.210. The number of ether oxygens (including phenoxy) is 1. The zero-order valence-electron chi connectivity index (χ0n) is 5.85. The lowest BCUT2D eigenvalue weighted by molar-refractivity contribution is -0.0346. The van der Waals surface area contributed by atoms with Crippen molar-refractivity contribution in [3.8, 4) is 0 Å². The van der Waals surface area contributed by atoms with Gasteiger partial charge < -0.3 is 4.74 Å².